The normalized spacial score (nSPS) is 17.2. The number of likely N-dealkylation sites (N-methyl/N-ethyl adjacent to an activating group) is 1. The van der Waals surface area contributed by atoms with Gasteiger partial charge in [-0.25, -0.2) is 14.6 Å². The number of carbonyl (C=O) groups is 3. The van der Waals surface area contributed by atoms with Crippen molar-refractivity contribution in [3.63, 3.8) is 0 Å². The standard InChI is InChI=1S/C21H18N2O7S/c1-11(19(26)27)30-14-5-3-4-12(8-14)9-17-18(25)23(2)21(31-17)22-16-7-6-13(24)10-15(16)20(28)29/h3-11,24H,1-2H3,(H,26,27)(H,28,29)/b17-9-,22-21?. The van der Waals surface area contributed by atoms with Crippen LogP contribution in [0.5, 0.6) is 11.5 Å². The lowest BCUT2D eigenvalue weighted by Gasteiger charge is -2.10. The number of phenolic OH excluding ortho intramolecular Hbond substituents is 1. The van der Waals surface area contributed by atoms with Crippen molar-refractivity contribution in [3.05, 3.63) is 58.5 Å². The van der Waals surface area contributed by atoms with Crippen LogP contribution in [-0.2, 0) is 9.59 Å². The number of aliphatic carboxylic acids is 1. The second-order valence-electron chi connectivity index (χ2n) is 6.55. The van der Waals surface area contributed by atoms with Crippen molar-refractivity contribution in [1.82, 2.24) is 4.90 Å². The molecule has 2 aromatic carbocycles. The number of benzene rings is 2. The van der Waals surface area contributed by atoms with Crippen molar-refractivity contribution in [2.75, 3.05) is 7.05 Å². The van der Waals surface area contributed by atoms with Gasteiger partial charge in [-0.3, -0.25) is 9.69 Å². The SMILES string of the molecule is CC(Oc1cccc(/C=C2\SC(=Nc3ccc(O)cc3C(=O)O)N(C)C2=O)c1)C(=O)O. The Labute approximate surface area is 181 Å². The minimum atomic E-state index is -1.25. The molecule has 0 spiro atoms. The van der Waals surface area contributed by atoms with E-state index in [0.29, 0.717) is 16.2 Å². The first-order valence-electron chi connectivity index (χ1n) is 8.98. The fourth-order valence-electron chi connectivity index (χ4n) is 2.63. The summed E-state index contributed by atoms with van der Waals surface area (Å²) in [5, 5.41) is 28.1. The number of aromatic carboxylic acids is 1. The molecule has 1 fully saturated rings. The molecule has 1 atom stereocenters. The van der Waals surface area contributed by atoms with Gasteiger partial charge in [0.15, 0.2) is 11.3 Å². The van der Waals surface area contributed by atoms with E-state index in [1.165, 1.54) is 31.0 Å². The maximum atomic E-state index is 12.6. The molecule has 3 rings (SSSR count). The molecule has 0 aromatic heterocycles. The summed E-state index contributed by atoms with van der Waals surface area (Å²) < 4.78 is 5.34. The van der Waals surface area contributed by atoms with Gasteiger partial charge in [0.1, 0.15) is 11.5 Å². The molecular formula is C21H18N2O7S. The van der Waals surface area contributed by atoms with Gasteiger partial charge in [-0.2, -0.15) is 0 Å². The molecule has 9 nitrogen and oxygen atoms in total. The average Bonchev–Trinajstić information content (AvgIpc) is 2.97. The van der Waals surface area contributed by atoms with Gasteiger partial charge in [-0.05, 0) is 60.7 Å². The van der Waals surface area contributed by atoms with E-state index in [1.54, 1.807) is 30.3 Å². The van der Waals surface area contributed by atoms with Gasteiger partial charge in [0.2, 0.25) is 0 Å². The summed E-state index contributed by atoms with van der Waals surface area (Å²) in [5.41, 5.74) is 0.534. The molecule has 31 heavy (non-hydrogen) atoms. The molecule has 160 valence electrons. The van der Waals surface area contributed by atoms with Gasteiger partial charge < -0.3 is 20.1 Å². The van der Waals surface area contributed by atoms with Gasteiger partial charge in [-0.15, -0.1) is 0 Å². The van der Waals surface area contributed by atoms with Crippen LogP contribution in [0.25, 0.3) is 6.08 Å². The maximum absolute atomic E-state index is 12.6. The topological polar surface area (TPSA) is 137 Å². The Morgan fingerprint density at radius 2 is 1.94 bits per heavy atom. The van der Waals surface area contributed by atoms with Gasteiger partial charge in [-0.1, -0.05) is 12.1 Å². The van der Waals surface area contributed by atoms with Crippen molar-refractivity contribution in [2.45, 2.75) is 13.0 Å². The van der Waals surface area contributed by atoms with Gasteiger partial charge in [0.25, 0.3) is 5.91 Å². The summed E-state index contributed by atoms with van der Waals surface area (Å²) in [6.45, 7) is 1.41. The molecule has 0 bridgehead atoms. The Balaban J connectivity index is 1.89. The number of amides is 1. The highest BCUT2D eigenvalue weighted by Crippen LogP contribution is 2.35. The molecule has 10 heteroatoms. The van der Waals surface area contributed by atoms with Crippen LogP contribution in [0.15, 0.2) is 52.4 Å². The second kappa shape index (κ2) is 8.92. The minimum Gasteiger partial charge on any atom is -0.508 e. The number of carbonyl (C=O) groups excluding carboxylic acids is 1. The van der Waals surface area contributed by atoms with E-state index in [0.717, 1.165) is 17.8 Å². The summed E-state index contributed by atoms with van der Waals surface area (Å²) in [6, 6.07) is 10.4. The largest absolute Gasteiger partial charge is 0.508 e. The Morgan fingerprint density at radius 1 is 1.19 bits per heavy atom. The van der Waals surface area contributed by atoms with Crippen molar-refractivity contribution in [2.24, 2.45) is 4.99 Å². The van der Waals surface area contributed by atoms with Crippen LogP contribution in [0.1, 0.15) is 22.8 Å². The zero-order valence-corrected chi connectivity index (χ0v) is 17.3. The van der Waals surface area contributed by atoms with E-state index in [4.69, 9.17) is 9.84 Å². The number of amidine groups is 1. The zero-order valence-electron chi connectivity index (χ0n) is 16.5. The average molecular weight is 442 g/mol. The third-order valence-electron chi connectivity index (χ3n) is 4.25. The first-order chi connectivity index (χ1) is 14.7. The van der Waals surface area contributed by atoms with E-state index >= 15 is 0 Å². The molecule has 0 saturated carbocycles. The summed E-state index contributed by atoms with van der Waals surface area (Å²) in [6.07, 6.45) is 0.586. The Hall–Kier alpha value is -3.79. The number of phenols is 1. The molecule has 1 saturated heterocycles. The maximum Gasteiger partial charge on any atom is 0.344 e. The number of hydrogen-bond donors (Lipinski definition) is 3. The Bertz CT molecular complexity index is 1130. The van der Waals surface area contributed by atoms with E-state index in [-0.39, 0.29) is 28.1 Å². The molecule has 1 amide bonds. The van der Waals surface area contributed by atoms with Crippen LogP contribution < -0.4 is 4.74 Å². The van der Waals surface area contributed by atoms with E-state index in [1.807, 2.05) is 0 Å². The van der Waals surface area contributed by atoms with Crippen LogP contribution in [-0.4, -0.2) is 56.4 Å². The third-order valence-corrected chi connectivity index (χ3v) is 5.31. The van der Waals surface area contributed by atoms with Crippen molar-refractivity contribution < 1.29 is 34.4 Å². The highest BCUT2D eigenvalue weighted by atomic mass is 32.2. The number of nitrogens with zero attached hydrogens (tertiary/aromatic N) is 2. The van der Waals surface area contributed by atoms with Crippen LogP contribution >= 0.6 is 11.8 Å². The number of rotatable bonds is 6. The quantitative estimate of drug-likeness (QED) is 0.580. The van der Waals surface area contributed by atoms with Crippen LogP contribution in [0, 0.1) is 0 Å². The molecular weight excluding hydrogens is 424 g/mol. The fourth-order valence-corrected chi connectivity index (χ4v) is 3.61. The fraction of sp³-hybridized carbons (Fsp3) is 0.143. The molecule has 0 aliphatic carbocycles. The van der Waals surface area contributed by atoms with Crippen LogP contribution in [0.3, 0.4) is 0 Å². The van der Waals surface area contributed by atoms with Crippen LogP contribution in [0.2, 0.25) is 0 Å². The molecule has 1 heterocycles. The van der Waals surface area contributed by atoms with E-state index in [2.05, 4.69) is 4.99 Å². The van der Waals surface area contributed by atoms with Crippen molar-refractivity contribution in [1.29, 1.82) is 0 Å². The first-order valence-corrected chi connectivity index (χ1v) is 9.79. The lowest BCUT2D eigenvalue weighted by Crippen LogP contribution is -2.23. The molecule has 1 unspecified atom stereocenters. The van der Waals surface area contributed by atoms with Crippen molar-refractivity contribution in [3.8, 4) is 11.5 Å². The second-order valence-corrected chi connectivity index (χ2v) is 7.56. The predicted octanol–water partition coefficient (Wildman–Crippen LogP) is 3.18. The lowest BCUT2D eigenvalue weighted by molar-refractivity contribution is -0.144. The van der Waals surface area contributed by atoms with E-state index in [9.17, 15) is 24.6 Å². The summed E-state index contributed by atoms with van der Waals surface area (Å²) in [4.78, 5) is 40.9. The van der Waals surface area contributed by atoms with Gasteiger partial charge >= 0.3 is 11.9 Å². The number of hydrogen-bond acceptors (Lipinski definition) is 7. The zero-order chi connectivity index (χ0) is 22.7. The smallest absolute Gasteiger partial charge is 0.344 e. The first kappa shape index (κ1) is 21.9. The highest BCUT2D eigenvalue weighted by Gasteiger charge is 2.31. The number of aliphatic imine (C=N–C) groups is 1. The highest BCUT2D eigenvalue weighted by molar-refractivity contribution is 8.18. The molecule has 2 aromatic rings. The van der Waals surface area contributed by atoms with Crippen LogP contribution in [0.4, 0.5) is 5.69 Å². The molecule has 0 radical (unpaired) electrons. The minimum absolute atomic E-state index is 0.103. The number of aromatic hydroxyl groups is 1. The molecule has 1 aliphatic rings. The molecule has 3 N–H and O–H groups in total. The molecule has 1 aliphatic heterocycles. The van der Waals surface area contributed by atoms with Gasteiger partial charge in [0.05, 0.1) is 16.2 Å². The summed E-state index contributed by atoms with van der Waals surface area (Å²) in [7, 11) is 1.52. The van der Waals surface area contributed by atoms with E-state index < -0.39 is 18.0 Å². The third kappa shape index (κ3) is 5.04. The number of carboxylic acids is 2. The van der Waals surface area contributed by atoms with Crippen molar-refractivity contribution >= 4 is 46.5 Å². The predicted molar refractivity (Wildman–Crippen MR) is 115 cm³/mol. The summed E-state index contributed by atoms with van der Waals surface area (Å²) >= 11 is 1.06. The number of ether oxygens (including phenoxy) is 1. The summed E-state index contributed by atoms with van der Waals surface area (Å²) in [5.74, 6) is -2.54. The monoisotopic (exact) mass is 442 g/mol. The Morgan fingerprint density at radius 3 is 2.61 bits per heavy atom. The number of carboxylic acid groups (broad SMARTS) is 2. The number of thioether (sulfide) groups is 1. The lowest BCUT2D eigenvalue weighted by atomic mass is 10.2. The Kier molecular flexibility index (Phi) is 6.30. The van der Waals surface area contributed by atoms with Gasteiger partial charge in [0, 0.05) is 7.05 Å².